The van der Waals surface area contributed by atoms with Gasteiger partial charge in [0, 0.05) is 30.4 Å². The monoisotopic (exact) mass is 234 g/mol. The molecule has 0 radical (unpaired) electrons. The lowest BCUT2D eigenvalue weighted by Gasteiger charge is -2.13. The van der Waals surface area contributed by atoms with E-state index in [1.807, 2.05) is 11.6 Å². The molecule has 0 fully saturated rings. The molecule has 0 aliphatic carbocycles. The lowest BCUT2D eigenvalue weighted by molar-refractivity contribution is 0.503. The molecule has 4 nitrogen and oxygen atoms in total. The van der Waals surface area contributed by atoms with Crippen LogP contribution in [-0.2, 0) is 13.1 Å². The molecule has 0 saturated heterocycles. The highest BCUT2D eigenvalue weighted by atomic mass is 15.3. The van der Waals surface area contributed by atoms with Crippen molar-refractivity contribution in [2.24, 2.45) is 0 Å². The molecule has 0 aliphatic rings. The van der Waals surface area contributed by atoms with Crippen molar-refractivity contribution in [2.75, 3.05) is 0 Å². The van der Waals surface area contributed by atoms with Crippen LogP contribution < -0.4 is 5.32 Å². The minimum Gasteiger partial charge on any atom is -0.309 e. The molecule has 0 bridgehead atoms. The Bertz CT molecular complexity index is 400. The molecule has 0 aliphatic heterocycles. The average molecular weight is 234 g/mol. The van der Waals surface area contributed by atoms with E-state index in [-0.39, 0.29) is 6.04 Å². The molecular weight excluding hydrogens is 212 g/mol. The largest absolute Gasteiger partial charge is 0.309 e. The number of aromatic nitrogens is 2. The van der Waals surface area contributed by atoms with Crippen LogP contribution in [0, 0.1) is 25.2 Å². The SMILES string of the molecule is CCC(CC#N)NCc1c(C)nn(CC)c1C. The summed E-state index contributed by atoms with van der Waals surface area (Å²) >= 11 is 0. The van der Waals surface area contributed by atoms with E-state index in [1.54, 1.807) is 0 Å². The van der Waals surface area contributed by atoms with Gasteiger partial charge in [-0.2, -0.15) is 10.4 Å². The summed E-state index contributed by atoms with van der Waals surface area (Å²) in [5.41, 5.74) is 3.58. The van der Waals surface area contributed by atoms with Crippen LogP contribution in [-0.4, -0.2) is 15.8 Å². The number of hydrogen-bond acceptors (Lipinski definition) is 3. The first-order valence-corrected chi connectivity index (χ1v) is 6.27. The fraction of sp³-hybridized carbons (Fsp3) is 0.692. The van der Waals surface area contributed by atoms with Crippen LogP contribution >= 0.6 is 0 Å². The van der Waals surface area contributed by atoms with Crippen LogP contribution in [0.4, 0.5) is 0 Å². The number of nitriles is 1. The zero-order valence-electron chi connectivity index (χ0n) is 11.2. The van der Waals surface area contributed by atoms with E-state index in [0.717, 1.165) is 25.2 Å². The molecule has 0 spiro atoms. The lowest BCUT2D eigenvalue weighted by Crippen LogP contribution is -2.27. The van der Waals surface area contributed by atoms with Gasteiger partial charge in [-0.3, -0.25) is 4.68 Å². The minimum absolute atomic E-state index is 0.281. The molecule has 1 heterocycles. The molecule has 1 aromatic rings. The number of nitrogens with zero attached hydrogens (tertiary/aromatic N) is 3. The van der Waals surface area contributed by atoms with Crippen LogP contribution in [0.3, 0.4) is 0 Å². The van der Waals surface area contributed by atoms with Crippen molar-refractivity contribution >= 4 is 0 Å². The molecule has 1 atom stereocenters. The van der Waals surface area contributed by atoms with Crippen molar-refractivity contribution < 1.29 is 0 Å². The van der Waals surface area contributed by atoms with Crippen molar-refractivity contribution in [3.63, 3.8) is 0 Å². The Morgan fingerprint density at radius 1 is 1.41 bits per heavy atom. The fourth-order valence-corrected chi connectivity index (χ4v) is 2.02. The second kappa shape index (κ2) is 6.41. The number of hydrogen-bond donors (Lipinski definition) is 1. The third-order valence-electron chi connectivity index (χ3n) is 3.23. The predicted octanol–water partition coefficient (Wildman–Crippen LogP) is 2.30. The minimum atomic E-state index is 0.281. The van der Waals surface area contributed by atoms with Crippen molar-refractivity contribution in [3.8, 4) is 6.07 Å². The Balaban J connectivity index is 2.69. The van der Waals surface area contributed by atoms with Gasteiger partial charge in [-0.25, -0.2) is 0 Å². The lowest BCUT2D eigenvalue weighted by atomic mass is 10.1. The molecule has 1 rings (SSSR count). The molecule has 0 aromatic carbocycles. The summed E-state index contributed by atoms with van der Waals surface area (Å²) in [5, 5.41) is 16.6. The van der Waals surface area contributed by atoms with Crippen LogP contribution in [0.5, 0.6) is 0 Å². The van der Waals surface area contributed by atoms with E-state index in [9.17, 15) is 0 Å². The molecule has 94 valence electrons. The quantitative estimate of drug-likeness (QED) is 0.821. The number of aryl methyl sites for hydroxylation is 2. The first kappa shape index (κ1) is 13.7. The van der Waals surface area contributed by atoms with E-state index < -0.39 is 0 Å². The van der Waals surface area contributed by atoms with Crippen molar-refractivity contribution in [1.82, 2.24) is 15.1 Å². The Kier molecular flexibility index (Phi) is 5.17. The van der Waals surface area contributed by atoms with Gasteiger partial charge in [-0.15, -0.1) is 0 Å². The Morgan fingerprint density at radius 2 is 2.12 bits per heavy atom. The van der Waals surface area contributed by atoms with Gasteiger partial charge in [0.15, 0.2) is 0 Å². The van der Waals surface area contributed by atoms with E-state index in [4.69, 9.17) is 5.26 Å². The second-order valence-corrected chi connectivity index (χ2v) is 4.31. The van der Waals surface area contributed by atoms with Crippen molar-refractivity contribution in [2.45, 2.75) is 59.7 Å². The summed E-state index contributed by atoms with van der Waals surface area (Å²) in [6.07, 6.45) is 1.55. The first-order valence-electron chi connectivity index (χ1n) is 6.27. The maximum absolute atomic E-state index is 8.71. The van der Waals surface area contributed by atoms with E-state index in [0.29, 0.717) is 6.42 Å². The molecule has 1 N–H and O–H groups in total. The summed E-state index contributed by atoms with van der Waals surface area (Å²) < 4.78 is 2.03. The molecule has 4 heteroatoms. The highest BCUT2D eigenvalue weighted by Crippen LogP contribution is 2.13. The summed E-state index contributed by atoms with van der Waals surface area (Å²) in [4.78, 5) is 0. The highest BCUT2D eigenvalue weighted by Gasteiger charge is 2.12. The second-order valence-electron chi connectivity index (χ2n) is 4.31. The first-order chi connectivity index (χ1) is 8.13. The molecule has 1 aromatic heterocycles. The Labute approximate surface area is 104 Å². The van der Waals surface area contributed by atoms with Crippen LogP contribution in [0.15, 0.2) is 0 Å². The van der Waals surface area contributed by atoms with E-state index in [2.05, 4.69) is 37.3 Å². The number of nitrogens with one attached hydrogen (secondary N) is 1. The van der Waals surface area contributed by atoms with Crippen LogP contribution in [0.2, 0.25) is 0 Å². The Hall–Kier alpha value is -1.34. The third kappa shape index (κ3) is 3.31. The van der Waals surface area contributed by atoms with Gasteiger partial charge in [-0.05, 0) is 27.2 Å². The third-order valence-corrected chi connectivity index (χ3v) is 3.23. The number of rotatable bonds is 6. The van der Waals surface area contributed by atoms with Gasteiger partial charge >= 0.3 is 0 Å². The summed E-state index contributed by atoms with van der Waals surface area (Å²) in [6, 6.07) is 2.50. The smallest absolute Gasteiger partial charge is 0.0641 e. The molecule has 0 saturated carbocycles. The summed E-state index contributed by atoms with van der Waals surface area (Å²) in [6.45, 7) is 10.1. The maximum atomic E-state index is 8.71. The van der Waals surface area contributed by atoms with Crippen molar-refractivity contribution in [3.05, 3.63) is 17.0 Å². The van der Waals surface area contributed by atoms with Gasteiger partial charge in [-0.1, -0.05) is 6.92 Å². The topological polar surface area (TPSA) is 53.6 Å². The Morgan fingerprint density at radius 3 is 2.59 bits per heavy atom. The molecule has 0 amide bonds. The zero-order chi connectivity index (χ0) is 12.8. The molecule has 17 heavy (non-hydrogen) atoms. The van der Waals surface area contributed by atoms with Gasteiger partial charge in [0.1, 0.15) is 0 Å². The highest BCUT2D eigenvalue weighted by molar-refractivity contribution is 5.24. The van der Waals surface area contributed by atoms with Gasteiger partial charge < -0.3 is 5.32 Å². The van der Waals surface area contributed by atoms with E-state index >= 15 is 0 Å². The average Bonchev–Trinajstić information content (AvgIpc) is 2.60. The fourth-order valence-electron chi connectivity index (χ4n) is 2.02. The summed E-state index contributed by atoms with van der Waals surface area (Å²) in [5.74, 6) is 0. The van der Waals surface area contributed by atoms with Crippen LogP contribution in [0.1, 0.15) is 43.6 Å². The van der Waals surface area contributed by atoms with Gasteiger partial charge in [0.25, 0.3) is 0 Å². The summed E-state index contributed by atoms with van der Waals surface area (Å²) in [7, 11) is 0. The van der Waals surface area contributed by atoms with Gasteiger partial charge in [0.2, 0.25) is 0 Å². The standard InChI is InChI=1S/C13H22N4/c1-5-12(7-8-14)15-9-13-10(3)16-17(6-2)11(13)4/h12,15H,5-7,9H2,1-4H3. The van der Waals surface area contributed by atoms with Crippen molar-refractivity contribution in [1.29, 1.82) is 5.26 Å². The zero-order valence-corrected chi connectivity index (χ0v) is 11.2. The molecule has 1 unspecified atom stereocenters. The molecular formula is C13H22N4. The predicted molar refractivity (Wildman–Crippen MR) is 68.5 cm³/mol. The normalized spacial score (nSPS) is 12.4. The van der Waals surface area contributed by atoms with Gasteiger partial charge in [0.05, 0.1) is 18.2 Å². The maximum Gasteiger partial charge on any atom is 0.0641 e. The van der Waals surface area contributed by atoms with Crippen LogP contribution in [0.25, 0.3) is 0 Å². The van der Waals surface area contributed by atoms with E-state index in [1.165, 1.54) is 11.3 Å².